The molecule has 0 aliphatic rings. The Morgan fingerprint density at radius 2 is 1.71 bits per heavy atom. The first-order valence-corrected chi connectivity index (χ1v) is 9.69. The maximum Gasteiger partial charge on any atom is 0.453 e. The van der Waals surface area contributed by atoms with Gasteiger partial charge in [-0.2, -0.15) is 31.3 Å². The fourth-order valence-corrected chi connectivity index (χ4v) is 3.16. The number of hydrogen-bond donors (Lipinski definition) is 1. The van der Waals surface area contributed by atoms with Crippen molar-refractivity contribution in [3.05, 3.63) is 52.6 Å². The second-order valence-electron chi connectivity index (χ2n) is 7.16. The van der Waals surface area contributed by atoms with Crippen LogP contribution in [0.25, 0.3) is 5.78 Å². The molecule has 3 rings (SSSR count). The molecule has 0 aliphatic heterocycles. The van der Waals surface area contributed by atoms with Crippen LogP contribution in [0.3, 0.4) is 0 Å². The van der Waals surface area contributed by atoms with Gasteiger partial charge in [0.05, 0.1) is 11.3 Å². The lowest BCUT2D eigenvalue weighted by Crippen LogP contribution is -2.23. The number of ether oxygens (including phenoxy) is 1. The van der Waals surface area contributed by atoms with E-state index in [1.807, 2.05) is 5.32 Å². The normalized spacial score (nSPS) is 12.1. The predicted octanol–water partition coefficient (Wildman–Crippen LogP) is 3.89. The summed E-state index contributed by atoms with van der Waals surface area (Å²) in [6, 6.07) is 4.33. The molecule has 1 aromatic carbocycles. The van der Waals surface area contributed by atoms with Gasteiger partial charge >= 0.3 is 18.3 Å². The molecule has 0 unspecified atom stereocenters. The fraction of sp³-hybridized carbons (Fsp3) is 0.350. The van der Waals surface area contributed by atoms with Crippen molar-refractivity contribution in [3.63, 3.8) is 0 Å². The topological polar surface area (TPSA) is 98.5 Å². The lowest BCUT2D eigenvalue weighted by atomic mass is 10.1. The second kappa shape index (κ2) is 9.27. The van der Waals surface area contributed by atoms with E-state index in [-0.39, 0.29) is 18.6 Å². The number of aromatic nitrogens is 4. The average molecular weight is 489 g/mol. The zero-order chi connectivity index (χ0) is 25.3. The highest BCUT2D eigenvalue weighted by Gasteiger charge is 2.37. The highest BCUT2D eigenvalue weighted by atomic mass is 19.4. The molecule has 2 aromatic heterocycles. The quantitative estimate of drug-likeness (QED) is 0.417. The van der Waals surface area contributed by atoms with E-state index >= 15 is 0 Å². The highest BCUT2D eigenvalue weighted by molar-refractivity contribution is 5.93. The number of rotatable bonds is 6. The molecule has 34 heavy (non-hydrogen) atoms. The Balaban J connectivity index is 1.61. The van der Waals surface area contributed by atoms with Gasteiger partial charge in [0.25, 0.3) is 17.5 Å². The number of benzene rings is 1. The Bertz CT molecular complexity index is 1240. The molecule has 182 valence electrons. The van der Waals surface area contributed by atoms with Gasteiger partial charge < -0.3 is 10.1 Å². The molecule has 2 heterocycles. The number of aryl methyl sites for hydroxylation is 2. The van der Waals surface area contributed by atoms with Gasteiger partial charge in [0.15, 0.2) is 6.61 Å². The van der Waals surface area contributed by atoms with E-state index in [9.17, 15) is 35.9 Å². The fourth-order valence-electron chi connectivity index (χ4n) is 3.16. The summed E-state index contributed by atoms with van der Waals surface area (Å²) in [6.07, 6.45) is -9.68. The zero-order valence-corrected chi connectivity index (χ0v) is 17.7. The molecule has 0 bridgehead atoms. The number of nitrogens with zero attached hydrogens (tertiary/aromatic N) is 4. The molecule has 1 N–H and O–H groups in total. The number of alkyl halides is 6. The molecule has 0 atom stereocenters. The number of nitrogens with one attached hydrogen (secondary N) is 1. The maximum atomic E-state index is 13.0. The third kappa shape index (κ3) is 5.61. The number of carbonyl (C=O) groups is 2. The lowest BCUT2D eigenvalue weighted by molar-refractivity contribution is -0.147. The van der Waals surface area contributed by atoms with E-state index in [4.69, 9.17) is 4.74 Å². The van der Waals surface area contributed by atoms with Crippen molar-refractivity contribution >= 4 is 23.3 Å². The third-order valence-electron chi connectivity index (χ3n) is 4.75. The van der Waals surface area contributed by atoms with Gasteiger partial charge in [-0.1, -0.05) is 12.1 Å². The standard InChI is InChI=1S/C20H17F6N5O3/c1-10-12(11(2)31-18(27-10)29-17(30-31)20(24,25)26)7-8-16(33)34-9-15(32)28-14-6-4-3-5-13(14)19(21,22)23/h3-6H,7-9H2,1-2H3,(H,28,32). The van der Waals surface area contributed by atoms with Crippen molar-refractivity contribution in [1.29, 1.82) is 0 Å². The summed E-state index contributed by atoms with van der Waals surface area (Å²) >= 11 is 0. The summed E-state index contributed by atoms with van der Waals surface area (Å²) < 4.78 is 83.3. The van der Waals surface area contributed by atoms with E-state index in [1.54, 1.807) is 0 Å². The van der Waals surface area contributed by atoms with Crippen LogP contribution in [0.2, 0.25) is 0 Å². The molecule has 0 aliphatic carbocycles. The zero-order valence-electron chi connectivity index (χ0n) is 17.7. The van der Waals surface area contributed by atoms with Crippen LogP contribution in [-0.2, 0) is 33.1 Å². The molecule has 14 heteroatoms. The van der Waals surface area contributed by atoms with E-state index in [2.05, 4.69) is 15.1 Å². The van der Waals surface area contributed by atoms with Crippen LogP contribution in [0.15, 0.2) is 24.3 Å². The maximum absolute atomic E-state index is 13.0. The number of para-hydroxylation sites is 1. The largest absolute Gasteiger partial charge is 0.456 e. The Labute approximate surface area is 187 Å². The van der Waals surface area contributed by atoms with Gasteiger partial charge in [-0.15, -0.1) is 5.10 Å². The van der Waals surface area contributed by atoms with Gasteiger partial charge in [-0.05, 0) is 38.0 Å². The van der Waals surface area contributed by atoms with Crippen molar-refractivity contribution in [3.8, 4) is 0 Å². The number of esters is 1. The molecular weight excluding hydrogens is 472 g/mol. The first-order chi connectivity index (χ1) is 15.8. The molecule has 3 aromatic rings. The molecule has 0 saturated carbocycles. The number of fused-ring (bicyclic) bond motifs is 1. The van der Waals surface area contributed by atoms with Crippen LogP contribution in [0.4, 0.5) is 32.0 Å². The lowest BCUT2D eigenvalue weighted by Gasteiger charge is -2.13. The molecular formula is C20H17F6N5O3. The minimum atomic E-state index is -4.75. The number of amides is 1. The molecule has 8 nitrogen and oxygen atoms in total. The van der Waals surface area contributed by atoms with Crippen molar-refractivity contribution in [1.82, 2.24) is 19.6 Å². The molecule has 1 amide bonds. The van der Waals surface area contributed by atoms with E-state index < -0.39 is 47.9 Å². The SMILES string of the molecule is Cc1nc2nc(C(F)(F)F)nn2c(C)c1CCC(=O)OCC(=O)Nc1ccccc1C(F)(F)F. The summed E-state index contributed by atoms with van der Waals surface area (Å²) in [4.78, 5) is 31.3. The Kier molecular flexibility index (Phi) is 6.79. The summed E-state index contributed by atoms with van der Waals surface area (Å²) in [7, 11) is 0. The van der Waals surface area contributed by atoms with Gasteiger partial charge in [0.1, 0.15) is 0 Å². The average Bonchev–Trinajstić information content (AvgIpc) is 3.16. The molecule has 0 spiro atoms. The molecule has 0 fully saturated rings. The van der Waals surface area contributed by atoms with Crippen LogP contribution in [0, 0.1) is 13.8 Å². The third-order valence-corrected chi connectivity index (χ3v) is 4.75. The smallest absolute Gasteiger partial charge is 0.453 e. The number of halogens is 6. The van der Waals surface area contributed by atoms with Gasteiger partial charge in [-0.3, -0.25) is 9.59 Å². The number of anilines is 1. The van der Waals surface area contributed by atoms with Crippen LogP contribution in [0.1, 0.15) is 34.8 Å². The van der Waals surface area contributed by atoms with E-state index in [0.717, 1.165) is 22.7 Å². The highest BCUT2D eigenvalue weighted by Crippen LogP contribution is 2.34. The van der Waals surface area contributed by atoms with Crippen LogP contribution in [0.5, 0.6) is 0 Å². The van der Waals surface area contributed by atoms with E-state index in [1.165, 1.54) is 19.9 Å². The molecule has 0 radical (unpaired) electrons. The summed E-state index contributed by atoms with van der Waals surface area (Å²) in [5.74, 6) is -3.41. The van der Waals surface area contributed by atoms with Crippen molar-refractivity contribution in [2.24, 2.45) is 0 Å². The van der Waals surface area contributed by atoms with Crippen LogP contribution >= 0.6 is 0 Å². The van der Waals surface area contributed by atoms with Crippen molar-refractivity contribution in [2.45, 2.75) is 39.0 Å². The number of hydrogen-bond acceptors (Lipinski definition) is 6. The minimum absolute atomic E-state index is 0.0131. The summed E-state index contributed by atoms with van der Waals surface area (Å²) in [5.41, 5.74) is -0.468. The summed E-state index contributed by atoms with van der Waals surface area (Å²) in [6.45, 7) is 2.20. The van der Waals surface area contributed by atoms with Crippen molar-refractivity contribution in [2.75, 3.05) is 11.9 Å². The van der Waals surface area contributed by atoms with E-state index in [0.29, 0.717) is 17.0 Å². The van der Waals surface area contributed by atoms with Gasteiger partial charge in [-0.25, -0.2) is 9.50 Å². The monoisotopic (exact) mass is 489 g/mol. The number of carbonyl (C=O) groups excluding carboxylic acids is 2. The predicted molar refractivity (Wildman–Crippen MR) is 105 cm³/mol. The van der Waals surface area contributed by atoms with Crippen LogP contribution in [-0.4, -0.2) is 38.1 Å². The summed E-state index contributed by atoms with van der Waals surface area (Å²) in [5, 5.41) is 5.45. The molecule has 0 saturated heterocycles. The Morgan fingerprint density at radius 3 is 2.35 bits per heavy atom. The van der Waals surface area contributed by atoms with Gasteiger partial charge in [0.2, 0.25) is 0 Å². The Hall–Kier alpha value is -3.71. The van der Waals surface area contributed by atoms with Crippen LogP contribution < -0.4 is 5.32 Å². The Morgan fingerprint density at radius 1 is 1.03 bits per heavy atom. The second-order valence-corrected chi connectivity index (χ2v) is 7.16. The first-order valence-electron chi connectivity index (χ1n) is 9.69. The first kappa shape index (κ1) is 24.9. The van der Waals surface area contributed by atoms with Gasteiger partial charge in [0, 0.05) is 17.8 Å². The van der Waals surface area contributed by atoms with Crippen molar-refractivity contribution < 1.29 is 40.7 Å². The minimum Gasteiger partial charge on any atom is -0.456 e.